The molecule has 0 bridgehead atoms. The maximum Gasteiger partial charge on any atom is 0.251 e. The van der Waals surface area contributed by atoms with Gasteiger partial charge in [-0.2, -0.15) is 0 Å². The van der Waals surface area contributed by atoms with E-state index in [1.807, 2.05) is 6.92 Å². The van der Waals surface area contributed by atoms with E-state index in [0.717, 1.165) is 10.7 Å². The zero-order chi connectivity index (χ0) is 14.8. The Labute approximate surface area is 117 Å². The Balaban J connectivity index is 2.30. The van der Waals surface area contributed by atoms with E-state index in [-0.39, 0.29) is 23.8 Å². The predicted molar refractivity (Wildman–Crippen MR) is 75.0 cm³/mol. The number of hydrogen-bond donors (Lipinski definition) is 1. The van der Waals surface area contributed by atoms with Gasteiger partial charge >= 0.3 is 0 Å². The highest BCUT2D eigenvalue weighted by Gasteiger charge is 2.36. The molecule has 1 aromatic carbocycles. The molecule has 0 aliphatic carbocycles. The van der Waals surface area contributed by atoms with Gasteiger partial charge in [-0.05, 0) is 24.6 Å². The SMILES string of the molecule is CCCNC(=O)c1cccc(N2C(=O)CCS2(=O)=O)c1. The van der Waals surface area contributed by atoms with Gasteiger partial charge in [-0.1, -0.05) is 13.0 Å². The van der Waals surface area contributed by atoms with Crippen molar-refractivity contribution in [3.63, 3.8) is 0 Å². The lowest BCUT2D eigenvalue weighted by Crippen LogP contribution is -2.30. The monoisotopic (exact) mass is 296 g/mol. The third-order valence-corrected chi connectivity index (χ3v) is 4.65. The summed E-state index contributed by atoms with van der Waals surface area (Å²) in [5, 5.41) is 2.71. The summed E-state index contributed by atoms with van der Waals surface area (Å²) in [5.41, 5.74) is 0.558. The summed E-state index contributed by atoms with van der Waals surface area (Å²) >= 11 is 0. The molecule has 1 N–H and O–H groups in total. The molecule has 20 heavy (non-hydrogen) atoms. The standard InChI is InChI=1S/C13H16N2O4S/c1-2-7-14-13(17)10-4-3-5-11(9-10)15-12(16)6-8-20(15,18)19/h3-5,9H,2,6-8H2,1H3,(H,14,17). The van der Waals surface area contributed by atoms with Crippen molar-refractivity contribution in [2.75, 3.05) is 16.6 Å². The van der Waals surface area contributed by atoms with Crippen LogP contribution in [0.3, 0.4) is 0 Å². The van der Waals surface area contributed by atoms with Crippen LogP contribution in [0.5, 0.6) is 0 Å². The minimum Gasteiger partial charge on any atom is -0.352 e. The van der Waals surface area contributed by atoms with E-state index in [2.05, 4.69) is 5.32 Å². The second-order valence-corrected chi connectivity index (χ2v) is 6.47. The fraction of sp³-hybridized carbons (Fsp3) is 0.385. The van der Waals surface area contributed by atoms with Gasteiger partial charge in [0, 0.05) is 18.5 Å². The summed E-state index contributed by atoms with van der Waals surface area (Å²) in [6.45, 7) is 2.48. The summed E-state index contributed by atoms with van der Waals surface area (Å²) < 4.78 is 24.4. The lowest BCUT2D eigenvalue weighted by molar-refractivity contribution is -0.116. The van der Waals surface area contributed by atoms with Crippen LogP contribution in [-0.4, -0.2) is 32.5 Å². The first kappa shape index (κ1) is 14.5. The Morgan fingerprint density at radius 3 is 2.75 bits per heavy atom. The van der Waals surface area contributed by atoms with Gasteiger partial charge in [0.15, 0.2) is 0 Å². The van der Waals surface area contributed by atoms with Gasteiger partial charge in [0.05, 0.1) is 11.4 Å². The average molecular weight is 296 g/mol. The van der Waals surface area contributed by atoms with E-state index < -0.39 is 15.9 Å². The zero-order valence-electron chi connectivity index (χ0n) is 11.1. The van der Waals surface area contributed by atoms with Gasteiger partial charge in [-0.15, -0.1) is 0 Å². The number of carbonyl (C=O) groups excluding carboxylic acids is 2. The van der Waals surface area contributed by atoms with Crippen molar-refractivity contribution in [3.05, 3.63) is 29.8 Å². The highest BCUT2D eigenvalue weighted by atomic mass is 32.2. The topological polar surface area (TPSA) is 83.6 Å². The first-order chi connectivity index (χ1) is 9.45. The third-order valence-electron chi connectivity index (χ3n) is 2.96. The lowest BCUT2D eigenvalue weighted by Gasteiger charge is -2.15. The molecule has 0 saturated carbocycles. The van der Waals surface area contributed by atoms with Crippen LogP contribution in [0.4, 0.5) is 5.69 Å². The molecule has 7 heteroatoms. The number of amides is 2. The Bertz CT molecular complexity index is 640. The molecule has 0 atom stereocenters. The lowest BCUT2D eigenvalue weighted by atomic mass is 10.2. The highest BCUT2D eigenvalue weighted by molar-refractivity contribution is 7.94. The normalized spacial score (nSPS) is 17.2. The van der Waals surface area contributed by atoms with Crippen LogP contribution in [0, 0.1) is 0 Å². The van der Waals surface area contributed by atoms with Gasteiger partial charge in [-0.25, -0.2) is 12.7 Å². The molecule has 0 unspecified atom stereocenters. The highest BCUT2D eigenvalue weighted by Crippen LogP contribution is 2.25. The van der Waals surface area contributed by atoms with E-state index in [0.29, 0.717) is 12.1 Å². The minimum atomic E-state index is -3.60. The third kappa shape index (κ3) is 2.82. The molecule has 0 spiro atoms. The Kier molecular flexibility index (Phi) is 4.08. The number of rotatable bonds is 4. The number of anilines is 1. The summed E-state index contributed by atoms with van der Waals surface area (Å²) in [6, 6.07) is 6.09. The first-order valence-electron chi connectivity index (χ1n) is 6.40. The van der Waals surface area contributed by atoms with Crippen molar-refractivity contribution in [1.82, 2.24) is 5.32 Å². The van der Waals surface area contributed by atoms with Gasteiger partial charge in [0.2, 0.25) is 15.9 Å². The van der Waals surface area contributed by atoms with Gasteiger partial charge in [-0.3, -0.25) is 9.59 Å². The van der Waals surface area contributed by atoms with Crippen LogP contribution in [0.25, 0.3) is 0 Å². The van der Waals surface area contributed by atoms with E-state index >= 15 is 0 Å². The Morgan fingerprint density at radius 2 is 2.15 bits per heavy atom. The summed E-state index contributed by atoms with van der Waals surface area (Å²) in [6.07, 6.45) is 0.791. The zero-order valence-corrected chi connectivity index (χ0v) is 11.9. The maximum atomic E-state index is 11.8. The minimum absolute atomic E-state index is 0.0193. The average Bonchev–Trinajstić information content (AvgIpc) is 2.70. The molecular weight excluding hydrogens is 280 g/mol. The van der Waals surface area contributed by atoms with Crippen molar-refractivity contribution >= 4 is 27.5 Å². The van der Waals surface area contributed by atoms with Crippen LogP contribution in [0.15, 0.2) is 24.3 Å². The molecule has 2 amide bonds. The number of nitrogens with one attached hydrogen (secondary N) is 1. The van der Waals surface area contributed by atoms with Crippen molar-refractivity contribution < 1.29 is 18.0 Å². The number of nitrogens with zero attached hydrogens (tertiary/aromatic N) is 1. The molecule has 1 fully saturated rings. The van der Waals surface area contributed by atoms with E-state index in [4.69, 9.17) is 0 Å². The van der Waals surface area contributed by atoms with Crippen LogP contribution in [-0.2, 0) is 14.8 Å². The van der Waals surface area contributed by atoms with Crippen molar-refractivity contribution in [1.29, 1.82) is 0 Å². The number of benzene rings is 1. The second-order valence-electron chi connectivity index (χ2n) is 4.53. The number of sulfonamides is 1. The molecular formula is C13H16N2O4S. The molecule has 1 aliphatic rings. The van der Waals surface area contributed by atoms with Crippen molar-refractivity contribution in [2.24, 2.45) is 0 Å². The second kappa shape index (κ2) is 5.62. The largest absolute Gasteiger partial charge is 0.352 e. The first-order valence-corrected chi connectivity index (χ1v) is 8.00. The van der Waals surface area contributed by atoms with Crippen LogP contribution < -0.4 is 9.62 Å². The smallest absolute Gasteiger partial charge is 0.251 e. The molecule has 0 aromatic heterocycles. The van der Waals surface area contributed by atoms with Crippen LogP contribution in [0.1, 0.15) is 30.1 Å². The Morgan fingerprint density at radius 1 is 1.40 bits per heavy atom. The fourth-order valence-corrected chi connectivity index (χ4v) is 3.43. The quantitative estimate of drug-likeness (QED) is 0.894. The molecule has 108 valence electrons. The van der Waals surface area contributed by atoms with Gasteiger partial charge in [0.1, 0.15) is 0 Å². The number of carbonyl (C=O) groups is 2. The summed E-state index contributed by atoms with van der Waals surface area (Å²) in [7, 11) is -3.60. The molecule has 1 heterocycles. The van der Waals surface area contributed by atoms with Gasteiger partial charge < -0.3 is 5.32 Å². The molecule has 6 nitrogen and oxygen atoms in total. The van der Waals surface area contributed by atoms with Crippen LogP contribution >= 0.6 is 0 Å². The van der Waals surface area contributed by atoms with Crippen LogP contribution in [0.2, 0.25) is 0 Å². The molecule has 1 aromatic rings. The van der Waals surface area contributed by atoms with E-state index in [1.165, 1.54) is 12.1 Å². The number of hydrogen-bond acceptors (Lipinski definition) is 4. The van der Waals surface area contributed by atoms with Crippen molar-refractivity contribution in [3.8, 4) is 0 Å². The van der Waals surface area contributed by atoms with E-state index in [1.54, 1.807) is 12.1 Å². The molecule has 2 rings (SSSR count). The maximum absolute atomic E-state index is 11.8. The summed E-state index contributed by atoms with van der Waals surface area (Å²) in [5.74, 6) is -0.924. The molecule has 1 aliphatic heterocycles. The molecule has 1 saturated heterocycles. The van der Waals surface area contributed by atoms with Crippen molar-refractivity contribution in [2.45, 2.75) is 19.8 Å². The summed E-state index contributed by atoms with van der Waals surface area (Å²) in [4.78, 5) is 23.5. The predicted octanol–water partition coefficient (Wildman–Crippen LogP) is 0.893. The Hall–Kier alpha value is -1.89. The fourth-order valence-electron chi connectivity index (χ4n) is 1.98. The van der Waals surface area contributed by atoms with E-state index in [9.17, 15) is 18.0 Å². The molecule has 0 radical (unpaired) electrons. The van der Waals surface area contributed by atoms with Gasteiger partial charge in [0.25, 0.3) is 5.91 Å².